The van der Waals surface area contributed by atoms with Gasteiger partial charge in [0, 0.05) is 0 Å². The lowest BCUT2D eigenvalue weighted by Gasteiger charge is -1.42. The molecule has 3 heteroatoms. The van der Waals surface area contributed by atoms with Crippen LogP contribution in [0.1, 0.15) is 0 Å². The first-order valence-corrected chi connectivity index (χ1v) is 1.60. The van der Waals surface area contributed by atoms with Gasteiger partial charge >= 0.3 is 0 Å². The average molecular weight is 122 g/mol. The van der Waals surface area contributed by atoms with Gasteiger partial charge in [-0.2, -0.15) is 0 Å². The van der Waals surface area contributed by atoms with Crippen molar-refractivity contribution in [2.24, 2.45) is 0 Å². The highest BCUT2D eigenvalue weighted by atomic mass is 35.5. The summed E-state index contributed by atoms with van der Waals surface area (Å²) in [4.78, 5) is 0. The summed E-state index contributed by atoms with van der Waals surface area (Å²) < 4.78 is 5.22. The SMILES string of the molecule is ClCCl.[2H]Cl. The van der Waals surface area contributed by atoms with Crippen LogP contribution in [-0.4, -0.2) is 6.51 Å². The van der Waals surface area contributed by atoms with Crippen molar-refractivity contribution in [2.75, 3.05) is 5.34 Å². The van der Waals surface area contributed by atoms with E-state index in [0.29, 0.717) is 0 Å². The van der Waals surface area contributed by atoms with Crippen LogP contribution in [0, 0.1) is 0 Å². The van der Waals surface area contributed by atoms with Gasteiger partial charge in [0.25, 0.3) is 0 Å². The predicted molar refractivity (Wildman–Crippen MR) is 23.8 cm³/mol. The number of hydrogen-bond acceptors (Lipinski definition) is 0. The van der Waals surface area contributed by atoms with Crippen LogP contribution in [0.25, 0.3) is 0 Å². The third-order valence-corrected chi connectivity index (χ3v) is 0. The van der Waals surface area contributed by atoms with E-state index in [0.717, 1.165) is 0 Å². The number of rotatable bonds is 0. The molecule has 0 heterocycles. The molecule has 4 heavy (non-hydrogen) atoms. The van der Waals surface area contributed by atoms with Crippen molar-refractivity contribution in [3.05, 3.63) is 0 Å². The quantitative estimate of drug-likeness (QED) is 0.430. The molecule has 0 saturated heterocycles. The van der Waals surface area contributed by atoms with Gasteiger partial charge in [-0.05, 0) is 0 Å². The van der Waals surface area contributed by atoms with Crippen molar-refractivity contribution < 1.29 is 0 Å². The maximum Gasteiger partial charge on any atom is 0.147 e. The molecular weight excluding hydrogens is 118 g/mol. The Morgan fingerprint density at radius 1 is 1.75 bits per heavy atom. The molecular formula is CH3Cl3. The maximum absolute atomic E-state index is 5.22. The molecule has 0 N–H and O–H groups in total. The average Bonchev–Trinajstić information content (AvgIpc) is 1.46. The first-order valence-electron chi connectivity index (χ1n) is 0.912. The van der Waals surface area contributed by atoms with Gasteiger partial charge in [0.05, 0.1) is 5.34 Å². The van der Waals surface area contributed by atoms with Crippen molar-refractivity contribution in [1.82, 2.24) is 0 Å². The number of alkyl halides is 2. The highest BCUT2D eigenvalue weighted by Gasteiger charge is 1.41. The Labute approximate surface area is 42.6 Å². The lowest BCUT2D eigenvalue weighted by atomic mass is 11.9. The van der Waals surface area contributed by atoms with Gasteiger partial charge in [-0.15, -0.1) is 35.5 Å². The van der Waals surface area contributed by atoms with E-state index < -0.39 is 0 Å². The van der Waals surface area contributed by atoms with E-state index in [2.05, 4.69) is 12.3 Å². The Kier molecular flexibility index (Phi) is 11.1. The van der Waals surface area contributed by atoms with Crippen LogP contribution in [0.3, 0.4) is 0 Å². The van der Waals surface area contributed by atoms with Crippen molar-refractivity contribution in [1.29, 1.82) is 1.17 Å². The molecule has 0 aromatic heterocycles. The molecule has 0 aliphatic heterocycles. The van der Waals surface area contributed by atoms with Crippen molar-refractivity contribution in [2.45, 2.75) is 0 Å². The molecule has 0 aliphatic rings. The summed E-state index contributed by atoms with van der Waals surface area (Å²) in [5, 5.41) is 0.194. The van der Waals surface area contributed by atoms with Crippen molar-refractivity contribution >= 4 is 35.5 Å². The monoisotopic (exact) mass is 121 g/mol. The molecule has 0 spiro atoms. The zero-order chi connectivity index (χ0) is 4.71. The molecule has 0 amide bonds. The number of hydrogen-bond donors (Lipinski definition) is 0. The molecule has 0 rings (SSSR count). The van der Waals surface area contributed by atoms with E-state index in [4.69, 9.17) is 24.4 Å². The lowest BCUT2D eigenvalue weighted by Crippen LogP contribution is -1.24. The van der Waals surface area contributed by atoms with E-state index >= 15 is 0 Å². The summed E-state index contributed by atoms with van der Waals surface area (Å²) >= 11 is 13.4. The fourth-order valence-electron chi connectivity index (χ4n) is 0. The molecule has 0 saturated carbocycles. The summed E-state index contributed by atoms with van der Waals surface area (Å²) in [7, 11) is 0. The summed E-state index contributed by atoms with van der Waals surface area (Å²) in [5.74, 6) is 0. The Morgan fingerprint density at radius 2 is 1.75 bits per heavy atom. The van der Waals surface area contributed by atoms with Crippen LogP contribution < -0.4 is 0 Å². The predicted octanol–water partition coefficient (Wildman–Crippen LogP) is 1.84. The van der Waals surface area contributed by atoms with Crippen LogP contribution in [0.15, 0.2) is 0 Å². The minimum absolute atomic E-state index is 0.194. The molecule has 0 fully saturated rings. The first kappa shape index (κ1) is 4.87. The fourth-order valence-corrected chi connectivity index (χ4v) is 0. The maximum atomic E-state index is 5.22. The van der Waals surface area contributed by atoms with Crippen LogP contribution in [0.5, 0.6) is 0 Å². The zero-order valence-electron chi connectivity index (χ0n) is 2.84. The van der Waals surface area contributed by atoms with E-state index in [-0.39, 0.29) is 5.34 Å². The summed E-state index contributed by atoms with van der Waals surface area (Å²) in [6.45, 7) is 0. The number of halogens is 3. The third kappa shape index (κ3) is 13.3. The zero-order valence-corrected chi connectivity index (χ0v) is 4.11. The standard InChI is InChI=1S/CH2Cl2.ClH/c2-1-3;/h1H2;1H/i/hD. The Bertz CT molecular complexity index is 6.85. The molecule has 0 aromatic carbocycles. The van der Waals surface area contributed by atoms with Gasteiger partial charge in [-0.3, -0.25) is 0 Å². The second-order valence-electron chi connectivity index (χ2n) is 0.101. The molecule has 0 radical (unpaired) electrons. The smallest absolute Gasteiger partial charge is 0.147 e. The van der Waals surface area contributed by atoms with E-state index in [1.54, 1.807) is 0 Å². The van der Waals surface area contributed by atoms with E-state index in [9.17, 15) is 0 Å². The lowest BCUT2D eigenvalue weighted by molar-refractivity contribution is 2.20. The molecule has 0 atom stereocenters. The molecule has 0 bridgehead atoms. The van der Waals surface area contributed by atoms with Gasteiger partial charge in [-0.25, -0.2) is 0 Å². The van der Waals surface area contributed by atoms with E-state index in [1.807, 2.05) is 0 Å². The first-order chi connectivity index (χ1) is 2.41. The Balaban J connectivity index is 0. The van der Waals surface area contributed by atoms with Crippen molar-refractivity contribution in [3.63, 3.8) is 0 Å². The molecule has 0 unspecified atom stereocenters. The minimum atomic E-state index is 0.194. The largest absolute Gasteiger partial charge is 0.147 e. The molecule has 0 nitrogen and oxygen atoms in total. The van der Waals surface area contributed by atoms with Crippen LogP contribution >= 0.6 is 35.5 Å². The van der Waals surface area contributed by atoms with Gasteiger partial charge in [0.1, 0.15) is 1.17 Å². The Morgan fingerprint density at radius 3 is 1.75 bits per heavy atom. The van der Waals surface area contributed by atoms with Gasteiger partial charge in [-0.1, -0.05) is 0 Å². The highest BCUT2D eigenvalue weighted by Crippen LogP contribution is 1.73. The van der Waals surface area contributed by atoms with Crippen LogP contribution in [0.4, 0.5) is 0 Å². The van der Waals surface area contributed by atoms with Gasteiger partial charge < -0.3 is 0 Å². The molecule has 0 aromatic rings. The highest BCUT2D eigenvalue weighted by molar-refractivity contribution is 6.40. The van der Waals surface area contributed by atoms with Crippen LogP contribution in [0.2, 0.25) is 0 Å². The topological polar surface area (TPSA) is 0 Å². The minimum Gasteiger partial charge on any atom is -0.147 e. The molecule has 28 valence electrons. The normalized spacial score (nSPS) is 6.25. The molecule has 0 aliphatic carbocycles. The summed E-state index contributed by atoms with van der Waals surface area (Å²) in [6.07, 6.45) is 0. The third-order valence-electron chi connectivity index (χ3n) is 0. The van der Waals surface area contributed by atoms with Crippen LogP contribution in [-0.2, 0) is 0 Å². The Hall–Kier alpha value is 0.870. The van der Waals surface area contributed by atoms with Gasteiger partial charge in [0.2, 0.25) is 0 Å². The summed E-state index contributed by atoms with van der Waals surface area (Å²) in [5.41, 5.74) is 0. The van der Waals surface area contributed by atoms with Gasteiger partial charge in [0.15, 0.2) is 0 Å². The second-order valence-corrected chi connectivity index (χ2v) is 0.909. The van der Waals surface area contributed by atoms with Crippen molar-refractivity contribution in [3.8, 4) is 0 Å². The fraction of sp³-hybridized carbons (Fsp3) is 1.00. The second kappa shape index (κ2) is 9.12. The summed E-state index contributed by atoms with van der Waals surface area (Å²) in [6, 6.07) is 0. The van der Waals surface area contributed by atoms with E-state index in [1.165, 1.54) is 0 Å².